The van der Waals surface area contributed by atoms with Crippen molar-refractivity contribution < 1.29 is 13.9 Å². The molecule has 1 aromatic carbocycles. The summed E-state index contributed by atoms with van der Waals surface area (Å²) in [6.07, 6.45) is 0. The van der Waals surface area contributed by atoms with Gasteiger partial charge in [0, 0.05) is 37.4 Å². The number of nitrogens with zero attached hydrogens (tertiary/aromatic N) is 4. The normalized spacial score (nSPS) is 18.9. The summed E-state index contributed by atoms with van der Waals surface area (Å²) in [7, 11) is 2.04. The fourth-order valence-electron chi connectivity index (χ4n) is 3.90. The molecule has 3 heterocycles. The van der Waals surface area contributed by atoms with Crippen molar-refractivity contribution in [2.75, 3.05) is 43.6 Å². The van der Waals surface area contributed by atoms with E-state index >= 15 is 0 Å². The number of hydrogen-bond acceptors (Lipinski definition) is 6. The molecule has 0 spiro atoms. The first kappa shape index (κ1) is 20.5. The molecule has 2 aliphatic heterocycles. The topological polar surface area (TPSA) is 82.6 Å². The molecule has 4 rings (SSSR count). The van der Waals surface area contributed by atoms with E-state index in [1.165, 1.54) is 6.07 Å². The van der Waals surface area contributed by atoms with Gasteiger partial charge >= 0.3 is 6.03 Å². The molecule has 0 aliphatic carbocycles. The van der Waals surface area contributed by atoms with Crippen LogP contribution in [0.15, 0.2) is 18.2 Å². The fraction of sp³-hybridized carbons (Fsp3) is 0.476. The van der Waals surface area contributed by atoms with Crippen LogP contribution in [-0.4, -0.2) is 60.3 Å². The van der Waals surface area contributed by atoms with E-state index in [0.717, 1.165) is 30.2 Å². The number of carbonyl (C=O) groups excluding carboxylic acids is 1. The van der Waals surface area contributed by atoms with Gasteiger partial charge in [-0.05, 0) is 39.1 Å². The van der Waals surface area contributed by atoms with Gasteiger partial charge in [0.05, 0.1) is 30.5 Å². The van der Waals surface area contributed by atoms with Crippen LogP contribution in [0, 0.1) is 5.82 Å². The highest BCUT2D eigenvalue weighted by Gasteiger charge is 2.30. The lowest BCUT2D eigenvalue weighted by atomic mass is 10.1. The van der Waals surface area contributed by atoms with E-state index in [1.54, 1.807) is 12.1 Å². The van der Waals surface area contributed by atoms with Gasteiger partial charge in [0.1, 0.15) is 11.6 Å². The maximum Gasteiger partial charge on any atom is 0.319 e. The summed E-state index contributed by atoms with van der Waals surface area (Å²) < 4.78 is 20.5. The number of aromatic nitrogens is 2. The van der Waals surface area contributed by atoms with Gasteiger partial charge in [0.2, 0.25) is 0 Å². The van der Waals surface area contributed by atoms with Gasteiger partial charge in [0.15, 0.2) is 5.82 Å². The molecule has 1 saturated heterocycles. The van der Waals surface area contributed by atoms with Crippen LogP contribution in [0.1, 0.15) is 25.1 Å². The number of carbonyl (C=O) groups is 1. The number of ether oxygens (including phenoxy) is 1. The number of anilines is 2. The monoisotopic (exact) mass is 414 g/mol. The zero-order valence-corrected chi connectivity index (χ0v) is 17.5. The van der Waals surface area contributed by atoms with Crippen LogP contribution in [-0.2, 0) is 17.8 Å². The molecule has 1 fully saturated rings. The van der Waals surface area contributed by atoms with Crippen molar-refractivity contribution >= 4 is 17.5 Å². The molecule has 1 aromatic heterocycles. The van der Waals surface area contributed by atoms with Gasteiger partial charge < -0.3 is 20.3 Å². The third kappa shape index (κ3) is 4.08. The number of morpholine rings is 1. The van der Waals surface area contributed by atoms with E-state index in [-0.39, 0.29) is 12.1 Å². The summed E-state index contributed by atoms with van der Waals surface area (Å²) in [4.78, 5) is 25.6. The number of urea groups is 1. The zero-order valence-electron chi connectivity index (χ0n) is 17.5. The van der Waals surface area contributed by atoms with E-state index in [2.05, 4.69) is 32.3 Å². The Labute approximate surface area is 175 Å². The van der Waals surface area contributed by atoms with Gasteiger partial charge in [-0.1, -0.05) is 0 Å². The Kier molecular flexibility index (Phi) is 5.83. The van der Waals surface area contributed by atoms with E-state index in [0.29, 0.717) is 43.4 Å². The summed E-state index contributed by atoms with van der Waals surface area (Å²) in [6, 6.07) is 4.39. The van der Waals surface area contributed by atoms with Gasteiger partial charge in [-0.15, -0.1) is 0 Å². The van der Waals surface area contributed by atoms with Crippen molar-refractivity contribution in [3.8, 4) is 11.4 Å². The van der Waals surface area contributed by atoms with E-state index in [4.69, 9.17) is 9.72 Å². The highest BCUT2D eigenvalue weighted by Crippen LogP contribution is 2.33. The second-order valence-corrected chi connectivity index (χ2v) is 7.76. The molecule has 0 unspecified atom stereocenters. The molecule has 2 aliphatic rings. The van der Waals surface area contributed by atoms with Crippen LogP contribution in [0.3, 0.4) is 0 Å². The fourth-order valence-corrected chi connectivity index (χ4v) is 3.90. The minimum atomic E-state index is -0.475. The standard InChI is InChI=1S/C21H27FN6O2/c1-4-23-21(29)24-14-5-6-15(17(22)9-14)19-25-18-11-27(3)10-16(18)20(26-19)28-7-8-30-12-13(28)2/h5-6,9,13H,4,7-8,10-12H2,1-3H3,(H2,23,24,29)/t13-/m0/s1. The van der Waals surface area contributed by atoms with Crippen LogP contribution in [0.4, 0.5) is 20.7 Å². The minimum Gasteiger partial charge on any atom is -0.377 e. The number of hydrogen-bond donors (Lipinski definition) is 2. The Morgan fingerprint density at radius 1 is 1.33 bits per heavy atom. The Balaban J connectivity index is 1.70. The number of halogens is 1. The Bertz CT molecular complexity index is 953. The molecule has 0 radical (unpaired) electrons. The van der Waals surface area contributed by atoms with Crippen LogP contribution in [0.2, 0.25) is 0 Å². The summed E-state index contributed by atoms with van der Waals surface area (Å²) >= 11 is 0. The van der Waals surface area contributed by atoms with Crippen molar-refractivity contribution in [2.45, 2.75) is 33.0 Å². The van der Waals surface area contributed by atoms with Gasteiger partial charge in [-0.3, -0.25) is 4.90 Å². The first-order valence-corrected chi connectivity index (χ1v) is 10.2. The van der Waals surface area contributed by atoms with Gasteiger partial charge in [-0.2, -0.15) is 0 Å². The molecule has 0 saturated carbocycles. The van der Waals surface area contributed by atoms with E-state index in [1.807, 2.05) is 14.0 Å². The van der Waals surface area contributed by atoms with Crippen molar-refractivity contribution in [1.82, 2.24) is 20.2 Å². The molecule has 9 heteroatoms. The number of nitrogens with one attached hydrogen (secondary N) is 2. The molecule has 2 aromatic rings. The average Bonchev–Trinajstić information content (AvgIpc) is 3.08. The van der Waals surface area contributed by atoms with Crippen LogP contribution >= 0.6 is 0 Å². The summed E-state index contributed by atoms with van der Waals surface area (Å²) in [5.41, 5.74) is 2.73. The molecule has 160 valence electrons. The first-order valence-electron chi connectivity index (χ1n) is 10.2. The maximum absolute atomic E-state index is 15.0. The van der Waals surface area contributed by atoms with Crippen molar-refractivity contribution in [1.29, 1.82) is 0 Å². The lowest BCUT2D eigenvalue weighted by molar-refractivity contribution is 0.0984. The Hall–Kier alpha value is -2.78. The smallest absolute Gasteiger partial charge is 0.319 e. The molecular weight excluding hydrogens is 387 g/mol. The number of rotatable bonds is 4. The largest absolute Gasteiger partial charge is 0.377 e. The van der Waals surface area contributed by atoms with Gasteiger partial charge in [0.25, 0.3) is 0 Å². The van der Waals surface area contributed by atoms with Crippen LogP contribution in [0.25, 0.3) is 11.4 Å². The van der Waals surface area contributed by atoms with E-state index < -0.39 is 5.82 Å². The number of benzene rings is 1. The predicted octanol–water partition coefficient (Wildman–Crippen LogP) is 2.59. The number of fused-ring (bicyclic) bond motifs is 1. The zero-order chi connectivity index (χ0) is 21.3. The second-order valence-electron chi connectivity index (χ2n) is 7.76. The predicted molar refractivity (Wildman–Crippen MR) is 113 cm³/mol. The van der Waals surface area contributed by atoms with Crippen LogP contribution < -0.4 is 15.5 Å². The molecular formula is C21H27FN6O2. The lowest BCUT2D eigenvalue weighted by Crippen LogP contribution is -2.44. The molecule has 1 atom stereocenters. The molecule has 2 amide bonds. The first-order chi connectivity index (χ1) is 14.5. The van der Waals surface area contributed by atoms with E-state index in [9.17, 15) is 9.18 Å². The van der Waals surface area contributed by atoms with Crippen molar-refractivity contribution in [3.05, 3.63) is 35.3 Å². The third-order valence-electron chi connectivity index (χ3n) is 5.36. The second kappa shape index (κ2) is 8.53. The quantitative estimate of drug-likeness (QED) is 0.800. The highest BCUT2D eigenvalue weighted by molar-refractivity contribution is 5.89. The molecule has 2 N–H and O–H groups in total. The average molecular weight is 414 g/mol. The summed E-state index contributed by atoms with van der Waals surface area (Å²) in [5.74, 6) is 0.746. The number of amides is 2. The molecule has 8 nitrogen and oxygen atoms in total. The van der Waals surface area contributed by atoms with Crippen LogP contribution in [0.5, 0.6) is 0 Å². The highest BCUT2D eigenvalue weighted by atomic mass is 19.1. The lowest BCUT2D eigenvalue weighted by Gasteiger charge is -2.35. The summed E-state index contributed by atoms with van der Waals surface area (Å²) in [5, 5.41) is 5.24. The molecule has 0 bridgehead atoms. The van der Waals surface area contributed by atoms with Gasteiger partial charge in [-0.25, -0.2) is 19.2 Å². The molecule has 30 heavy (non-hydrogen) atoms. The third-order valence-corrected chi connectivity index (χ3v) is 5.36. The minimum absolute atomic E-state index is 0.185. The van der Waals surface area contributed by atoms with Crippen molar-refractivity contribution in [3.63, 3.8) is 0 Å². The summed E-state index contributed by atoms with van der Waals surface area (Å²) in [6.45, 7) is 7.91. The Morgan fingerprint density at radius 3 is 2.90 bits per heavy atom. The van der Waals surface area contributed by atoms with Crippen molar-refractivity contribution in [2.24, 2.45) is 0 Å². The Morgan fingerprint density at radius 2 is 2.17 bits per heavy atom. The maximum atomic E-state index is 15.0. The SMILES string of the molecule is CCNC(=O)Nc1ccc(-c2nc3c(c(N4CCOC[C@@H]4C)n2)CN(C)C3)c(F)c1.